The molecule has 0 spiro atoms. The molecule has 0 radical (unpaired) electrons. The number of rotatable bonds is 10. The number of hydrogen-bond donors (Lipinski definition) is 2. The number of carboxylic acids is 1. The molecule has 1 aliphatic carbocycles. The van der Waals surface area contributed by atoms with Crippen molar-refractivity contribution in [2.24, 2.45) is 0 Å². The normalized spacial score (nSPS) is 26.7. The minimum absolute atomic E-state index is 0.0330. The van der Waals surface area contributed by atoms with Crippen molar-refractivity contribution in [3.05, 3.63) is 0 Å². The summed E-state index contributed by atoms with van der Waals surface area (Å²) in [4.78, 5) is 11.4. The first-order valence-corrected chi connectivity index (χ1v) is 7.32. The van der Waals surface area contributed by atoms with E-state index in [1.807, 2.05) is 6.92 Å². The van der Waals surface area contributed by atoms with Crippen molar-refractivity contribution in [2.45, 2.75) is 57.6 Å². The molecule has 0 amide bonds. The Hall–Kier alpha value is -0.650. The Bertz CT molecular complexity index is 272. The van der Waals surface area contributed by atoms with Gasteiger partial charge in [-0.25, -0.2) is 0 Å². The van der Waals surface area contributed by atoms with Crippen LogP contribution in [-0.4, -0.2) is 49.1 Å². The van der Waals surface area contributed by atoms with Gasteiger partial charge in [-0.05, 0) is 32.2 Å². The zero-order valence-electron chi connectivity index (χ0n) is 12.1. The molecule has 1 rings (SSSR count). The van der Waals surface area contributed by atoms with Gasteiger partial charge in [-0.2, -0.15) is 0 Å². The molecular weight excluding hydrogens is 246 g/mol. The van der Waals surface area contributed by atoms with Gasteiger partial charge >= 0.3 is 5.97 Å². The predicted octanol–water partition coefficient (Wildman–Crippen LogP) is 1.81. The van der Waals surface area contributed by atoms with Crippen molar-refractivity contribution in [1.29, 1.82) is 0 Å². The van der Waals surface area contributed by atoms with Gasteiger partial charge in [0.2, 0.25) is 0 Å². The Labute approximate surface area is 115 Å². The van der Waals surface area contributed by atoms with Crippen molar-refractivity contribution in [3.63, 3.8) is 0 Å². The Balaban J connectivity index is 2.30. The molecule has 0 aromatic carbocycles. The van der Waals surface area contributed by atoms with Crippen molar-refractivity contribution in [2.75, 3.05) is 26.4 Å². The summed E-state index contributed by atoms with van der Waals surface area (Å²) in [5.41, 5.74) is -0.787. The van der Waals surface area contributed by atoms with E-state index in [0.717, 1.165) is 32.4 Å². The first-order valence-electron chi connectivity index (χ1n) is 7.32. The minimum atomic E-state index is -0.787. The Morgan fingerprint density at radius 3 is 2.74 bits per heavy atom. The van der Waals surface area contributed by atoms with E-state index in [0.29, 0.717) is 26.1 Å². The summed E-state index contributed by atoms with van der Waals surface area (Å²) < 4.78 is 11.1. The van der Waals surface area contributed by atoms with Crippen LogP contribution >= 0.6 is 0 Å². The zero-order valence-corrected chi connectivity index (χ0v) is 12.1. The largest absolute Gasteiger partial charge is 0.480 e. The average Bonchev–Trinajstić information content (AvgIpc) is 2.81. The number of ether oxygens (including phenoxy) is 2. The van der Waals surface area contributed by atoms with Crippen LogP contribution in [0.2, 0.25) is 0 Å². The van der Waals surface area contributed by atoms with Crippen molar-refractivity contribution < 1.29 is 19.4 Å². The zero-order chi connectivity index (χ0) is 14.1. The Morgan fingerprint density at radius 2 is 2.11 bits per heavy atom. The number of carboxylic acid groups (broad SMARTS) is 1. The van der Waals surface area contributed by atoms with Crippen LogP contribution < -0.4 is 5.32 Å². The van der Waals surface area contributed by atoms with E-state index in [1.165, 1.54) is 0 Å². The number of aliphatic carboxylic acids is 1. The topological polar surface area (TPSA) is 67.8 Å². The first kappa shape index (κ1) is 16.4. The standard InChI is InChI=1S/C14H27NO4/c1-3-7-15-14(13(16)17)6-5-12(11-14)19-10-9-18-8-4-2/h12,15H,3-11H2,1-2H3,(H,16,17). The first-order chi connectivity index (χ1) is 9.14. The van der Waals surface area contributed by atoms with Gasteiger partial charge in [0, 0.05) is 13.0 Å². The van der Waals surface area contributed by atoms with E-state index in [1.54, 1.807) is 0 Å². The molecule has 0 heterocycles. The third kappa shape index (κ3) is 5.09. The van der Waals surface area contributed by atoms with Gasteiger partial charge in [0.15, 0.2) is 0 Å². The SMILES string of the molecule is CCCNC1(C(=O)O)CCC(OCCOCCC)C1. The summed E-state index contributed by atoms with van der Waals surface area (Å²) in [5.74, 6) is -0.755. The van der Waals surface area contributed by atoms with Gasteiger partial charge in [0.05, 0.1) is 19.3 Å². The van der Waals surface area contributed by atoms with Crippen molar-refractivity contribution in [1.82, 2.24) is 5.32 Å². The van der Waals surface area contributed by atoms with Crippen LogP contribution in [0, 0.1) is 0 Å². The van der Waals surface area contributed by atoms with Gasteiger partial charge in [0.1, 0.15) is 5.54 Å². The highest BCUT2D eigenvalue weighted by molar-refractivity contribution is 5.79. The van der Waals surface area contributed by atoms with E-state index < -0.39 is 11.5 Å². The Kier molecular flexibility index (Phi) is 7.34. The molecule has 112 valence electrons. The van der Waals surface area contributed by atoms with E-state index >= 15 is 0 Å². The molecule has 0 aromatic heterocycles. The number of nitrogens with one attached hydrogen (secondary N) is 1. The molecule has 5 nitrogen and oxygen atoms in total. The lowest BCUT2D eigenvalue weighted by atomic mass is 9.97. The van der Waals surface area contributed by atoms with Crippen LogP contribution in [0.5, 0.6) is 0 Å². The summed E-state index contributed by atoms with van der Waals surface area (Å²) in [6, 6.07) is 0. The molecule has 0 aliphatic heterocycles. The number of carbonyl (C=O) groups is 1. The van der Waals surface area contributed by atoms with E-state index in [-0.39, 0.29) is 6.10 Å². The summed E-state index contributed by atoms with van der Waals surface area (Å²) >= 11 is 0. The average molecular weight is 273 g/mol. The highest BCUT2D eigenvalue weighted by Gasteiger charge is 2.45. The number of hydrogen-bond acceptors (Lipinski definition) is 4. The van der Waals surface area contributed by atoms with Crippen LogP contribution in [0.3, 0.4) is 0 Å². The monoisotopic (exact) mass is 273 g/mol. The maximum Gasteiger partial charge on any atom is 0.323 e. The lowest BCUT2D eigenvalue weighted by Crippen LogP contribution is -2.50. The fraction of sp³-hybridized carbons (Fsp3) is 0.929. The van der Waals surface area contributed by atoms with Gasteiger partial charge < -0.3 is 19.9 Å². The predicted molar refractivity (Wildman–Crippen MR) is 73.4 cm³/mol. The summed E-state index contributed by atoms with van der Waals surface area (Å²) in [6.07, 6.45) is 3.97. The summed E-state index contributed by atoms with van der Waals surface area (Å²) in [5, 5.41) is 12.6. The highest BCUT2D eigenvalue weighted by atomic mass is 16.5. The van der Waals surface area contributed by atoms with E-state index in [2.05, 4.69) is 12.2 Å². The fourth-order valence-electron chi connectivity index (χ4n) is 2.46. The van der Waals surface area contributed by atoms with Crippen LogP contribution in [0.25, 0.3) is 0 Å². The van der Waals surface area contributed by atoms with Crippen LogP contribution in [0.1, 0.15) is 46.0 Å². The summed E-state index contributed by atoms with van der Waals surface area (Å²) in [6.45, 7) is 6.74. The molecule has 0 saturated heterocycles. The van der Waals surface area contributed by atoms with Crippen molar-refractivity contribution >= 4 is 5.97 Å². The minimum Gasteiger partial charge on any atom is -0.480 e. The molecule has 1 aliphatic rings. The molecule has 5 heteroatoms. The molecule has 2 atom stereocenters. The molecule has 2 unspecified atom stereocenters. The molecule has 1 saturated carbocycles. The van der Waals surface area contributed by atoms with Crippen LogP contribution in [0.15, 0.2) is 0 Å². The smallest absolute Gasteiger partial charge is 0.323 e. The lowest BCUT2D eigenvalue weighted by molar-refractivity contribution is -0.145. The highest BCUT2D eigenvalue weighted by Crippen LogP contribution is 2.32. The summed E-state index contributed by atoms with van der Waals surface area (Å²) in [7, 11) is 0. The third-order valence-corrected chi connectivity index (χ3v) is 3.52. The maximum absolute atomic E-state index is 11.4. The second-order valence-corrected chi connectivity index (χ2v) is 5.16. The molecule has 0 aromatic rings. The third-order valence-electron chi connectivity index (χ3n) is 3.52. The van der Waals surface area contributed by atoms with E-state index in [4.69, 9.17) is 9.47 Å². The lowest BCUT2D eigenvalue weighted by Gasteiger charge is -2.25. The van der Waals surface area contributed by atoms with Gasteiger partial charge in [-0.3, -0.25) is 4.79 Å². The molecule has 2 N–H and O–H groups in total. The Morgan fingerprint density at radius 1 is 1.32 bits per heavy atom. The molecule has 0 bridgehead atoms. The van der Waals surface area contributed by atoms with Crippen LogP contribution in [0.4, 0.5) is 0 Å². The fourth-order valence-corrected chi connectivity index (χ4v) is 2.46. The second-order valence-electron chi connectivity index (χ2n) is 5.16. The quantitative estimate of drug-likeness (QED) is 0.594. The van der Waals surface area contributed by atoms with E-state index in [9.17, 15) is 9.90 Å². The second kappa shape index (κ2) is 8.51. The van der Waals surface area contributed by atoms with Crippen LogP contribution in [-0.2, 0) is 14.3 Å². The maximum atomic E-state index is 11.4. The van der Waals surface area contributed by atoms with Gasteiger partial charge in [-0.1, -0.05) is 13.8 Å². The van der Waals surface area contributed by atoms with Crippen molar-refractivity contribution in [3.8, 4) is 0 Å². The van der Waals surface area contributed by atoms with Gasteiger partial charge in [-0.15, -0.1) is 0 Å². The van der Waals surface area contributed by atoms with Gasteiger partial charge in [0.25, 0.3) is 0 Å². The molecular formula is C14H27NO4. The molecule has 19 heavy (non-hydrogen) atoms. The molecule has 1 fully saturated rings.